The predicted molar refractivity (Wildman–Crippen MR) is 102 cm³/mol. The molecule has 0 aliphatic carbocycles. The summed E-state index contributed by atoms with van der Waals surface area (Å²) in [6, 6.07) is 15.8. The molecule has 0 bridgehead atoms. The van der Waals surface area contributed by atoms with Gasteiger partial charge in [0.2, 0.25) is 5.91 Å². The second-order valence-corrected chi connectivity index (χ2v) is 7.11. The third-order valence-corrected chi connectivity index (χ3v) is 4.72. The molecule has 0 aliphatic rings. The first-order chi connectivity index (χ1) is 11.9. The van der Waals surface area contributed by atoms with Crippen molar-refractivity contribution in [1.29, 1.82) is 0 Å². The second kappa shape index (κ2) is 9.25. The molecule has 2 aromatic carbocycles. The maximum atomic E-state index is 12.3. The van der Waals surface area contributed by atoms with Gasteiger partial charge >= 0.3 is 0 Å². The summed E-state index contributed by atoms with van der Waals surface area (Å²) in [6.07, 6.45) is 0. The summed E-state index contributed by atoms with van der Waals surface area (Å²) in [7, 11) is 1.99. The summed E-state index contributed by atoms with van der Waals surface area (Å²) in [4.78, 5) is 25.2. The van der Waals surface area contributed by atoms with Crippen molar-refractivity contribution in [3.8, 4) is 0 Å². The van der Waals surface area contributed by atoms with Gasteiger partial charge in [0.05, 0.1) is 18.5 Å². The number of aryl methyl sites for hydroxylation is 1. The van der Waals surface area contributed by atoms with Gasteiger partial charge in [-0.25, -0.2) is 0 Å². The van der Waals surface area contributed by atoms with E-state index >= 15 is 0 Å². The van der Waals surface area contributed by atoms with E-state index in [4.69, 9.17) is 5.73 Å². The third-order valence-electron chi connectivity index (χ3n) is 3.62. The quantitative estimate of drug-likeness (QED) is 0.621. The highest BCUT2D eigenvalue weighted by atomic mass is 32.2. The minimum absolute atomic E-state index is 0.0586. The summed E-state index contributed by atoms with van der Waals surface area (Å²) in [5.74, 6) is -0.254. The van der Waals surface area contributed by atoms with Crippen LogP contribution in [0.3, 0.4) is 0 Å². The fraction of sp³-hybridized carbons (Fsp3) is 0.263. The van der Waals surface area contributed by atoms with Crippen molar-refractivity contribution in [2.45, 2.75) is 18.4 Å². The van der Waals surface area contributed by atoms with Crippen LogP contribution in [0, 0.1) is 6.92 Å². The van der Waals surface area contributed by atoms with E-state index in [1.54, 1.807) is 0 Å². The van der Waals surface area contributed by atoms with Crippen molar-refractivity contribution in [3.63, 3.8) is 0 Å². The molecule has 0 aromatic heterocycles. The molecule has 1 atom stereocenters. The van der Waals surface area contributed by atoms with Crippen LogP contribution in [0.2, 0.25) is 0 Å². The van der Waals surface area contributed by atoms with Crippen molar-refractivity contribution in [1.82, 2.24) is 0 Å². The maximum absolute atomic E-state index is 12.3. The van der Waals surface area contributed by atoms with E-state index < -0.39 is 0 Å². The number of amides is 2. The number of primary amides is 1. The van der Waals surface area contributed by atoms with E-state index in [1.807, 2.05) is 31.3 Å². The Hall–Kier alpha value is -2.31. The number of thioether (sulfide) groups is 1. The molecular weight excluding hydrogens is 334 g/mol. The molecule has 2 aromatic rings. The second-order valence-electron chi connectivity index (χ2n) is 6.10. The van der Waals surface area contributed by atoms with E-state index in [2.05, 4.69) is 36.5 Å². The molecule has 6 heteroatoms. The lowest BCUT2D eigenvalue weighted by Gasteiger charge is -2.15. The smallest absolute Gasteiger partial charge is 0.279 e. The summed E-state index contributed by atoms with van der Waals surface area (Å²) < 4.78 is 0. The molecule has 0 saturated carbocycles. The van der Waals surface area contributed by atoms with E-state index in [1.165, 1.54) is 22.9 Å². The number of quaternary nitrogens is 1. The van der Waals surface area contributed by atoms with Gasteiger partial charge in [0.15, 0.2) is 6.54 Å². The summed E-state index contributed by atoms with van der Waals surface area (Å²) in [6.45, 7) is 3.20. The van der Waals surface area contributed by atoms with Gasteiger partial charge in [-0.15, -0.1) is 11.8 Å². The highest BCUT2D eigenvalue weighted by molar-refractivity contribution is 8.00. The van der Waals surface area contributed by atoms with Crippen LogP contribution in [0.15, 0.2) is 53.4 Å². The molecular formula is C19H24N3O2S+. The zero-order chi connectivity index (χ0) is 18.2. The molecule has 0 fully saturated rings. The number of nitrogens with two attached hydrogens (primary N) is 1. The van der Waals surface area contributed by atoms with E-state index in [0.29, 0.717) is 12.2 Å². The lowest BCUT2D eigenvalue weighted by atomic mass is 10.1. The van der Waals surface area contributed by atoms with Crippen molar-refractivity contribution in [2.75, 3.05) is 24.7 Å². The molecule has 0 heterocycles. The molecule has 0 spiro atoms. The fourth-order valence-corrected chi connectivity index (χ4v) is 3.18. The highest BCUT2D eigenvalue weighted by Crippen LogP contribution is 2.26. The summed E-state index contributed by atoms with van der Waals surface area (Å²) >= 11 is 1.32. The molecule has 1 unspecified atom stereocenters. The Morgan fingerprint density at radius 3 is 2.48 bits per heavy atom. The molecule has 25 heavy (non-hydrogen) atoms. The van der Waals surface area contributed by atoms with Gasteiger partial charge in [0.25, 0.3) is 5.91 Å². The monoisotopic (exact) mass is 358 g/mol. The average molecular weight is 358 g/mol. The Morgan fingerprint density at radius 1 is 1.12 bits per heavy atom. The Balaban J connectivity index is 1.91. The zero-order valence-corrected chi connectivity index (χ0v) is 15.4. The topological polar surface area (TPSA) is 76.6 Å². The maximum Gasteiger partial charge on any atom is 0.279 e. The van der Waals surface area contributed by atoms with Crippen LogP contribution in [0.5, 0.6) is 0 Å². The summed E-state index contributed by atoms with van der Waals surface area (Å²) in [5, 5.41) is 2.93. The van der Waals surface area contributed by atoms with Crippen LogP contribution in [0.1, 0.15) is 11.1 Å². The van der Waals surface area contributed by atoms with Gasteiger partial charge in [-0.1, -0.05) is 42.0 Å². The lowest BCUT2D eigenvalue weighted by Crippen LogP contribution is -3.08. The molecule has 0 radical (unpaired) electrons. The number of benzene rings is 2. The van der Waals surface area contributed by atoms with Gasteiger partial charge in [0.1, 0.15) is 6.54 Å². The van der Waals surface area contributed by atoms with Gasteiger partial charge < -0.3 is 16.0 Å². The lowest BCUT2D eigenvalue weighted by molar-refractivity contribution is -0.885. The van der Waals surface area contributed by atoms with Crippen molar-refractivity contribution < 1.29 is 14.5 Å². The molecule has 132 valence electrons. The number of likely N-dealkylation sites (N-methyl/N-ethyl adjacent to an activating group) is 1. The van der Waals surface area contributed by atoms with Gasteiger partial charge in [-0.05, 0) is 19.1 Å². The molecule has 2 rings (SSSR count). The SMILES string of the molecule is Cc1ccc(C[NH+](C)CC(=O)Nc2ccccc2SCC(N)=O)cc1. The Bertz CT molecular complexity index is 732. The predicted octanol–water partition coefficient (Wildman–Crippen LogP) is 1.23. The Kier molecular flexibility index (Phi) is 7.03. The molecule has 5 nitrogen and oxygen atoms in total. The van der Waals surface area contributed by atoms with Crippen LogP contribution < -0.4 is 16.0 Å². The molecule has 0 saturated heterocycles. The van der Waals surface area contributed by atoms with Crippen LogP contribution in [0.25, 0.3) is 0 Å². The number of hydrogen-bond acceptors (Lipinski definition) is 3. The largest absolute Gasteiger partial charge is 0.369 e. The minimum atomic E-state index is -0.381. The van der Waals surface area contributed by atoms with Gasteiger partial charge in [0, 0.05) is 10.5 Å². The number of hydrogen-bond donors (Lipinski definition) is 3. The fourth-order valence-electron chi connectivity index (χ4n) is 2.43. The van der Waals surface area contributed by atoms with Crippen LogP contribution in [-0.2, 0) is 16.1 Å². The average Bonchev–Trinajstić information content (AvgIpc) is 2.56. The molecule has 2 amide bonds. The molecule has 4 N–H and O–H groups in total. The van der Waals surface area contributed by atoms with Gasteiger partial charge in [-0.2, -0.15) is 0 Å². The minimum Gasteiger partial charge on any atom is -0.369 e. The van der Waals surface area contributed by atoms with E-state index in [9.17, 15) is 9.59 Å². The van der Waals surface area contributed by atoms with Crippen LogP contribution in [-0.4, -0.2) is 31.2 Å². The van der Waals surface area contributed by atoms with Crippen molar-refractivity contribution in [2.24, 2.45) is 5.73 Å². The number of anilines is 1. The number of carbonyl (C=O) groups is 2. The first-order valence-corrected chi connectivity index (χ1v) is 9.09. The van der Waals surface area contributed by atoms with Crippen LogP contribution in [0.4, 0.5) is 5.69 Å². The molecule has 0 aliphatic heterocycles. The van der Waals surface area contributed by atoms with Gasteiger partial charge in [-0.3, -0.25) is 9.59 Å². The normalized spacial score (nSPS) is 11.8. The Morgan fingerprint density at radius 2 is 1.80 bits per heavy atom. The zero-order valence-electron chi connectivity index (χ0n) is 14.5. The Labute approximate surface area is 152 Å². The van der Waals surface area contributed by atoms with E-state index in [0.717, 1.165) is 16.3 Å². The number of rotatable bonds is 8. The van der Waals surface area contributed by atoms with Crippen LogP contribution >= 0.6 is 11.8 Å². The summed E-state index contributed by atoms with van der Waals surface area (Å²) in [5.41, 5.74) is 8.33. The van der Waals surface area contributed by atoms with E-state index in [-0.39, 0.29) is 17.6 Å². The number of carbonyl (C=O) groups excluding carboxylic acids is 2. The number of para-hydroxylation sites is 1. The number of nitrogens with one attached hydrogen (secondary N) is 2. The van der Waals surface area contributed by atoms with Crippen molar-refractivity contribution in [3.05, 3.63) is 59.7 Å². The first kappa shape index (κ1) is 19.0. The highest BCUT2D eigenvalue weighted by Gasteiger charge is 2.13. The third kappa shape index (κ3) is 6.60. The standard InChI is InChI=1S/C19H23N3O2S/c1-14-7-9-15(10-8-14)11-22(2)12-19(24)21-16-5-3-4-6-17(16)25-13-18(20)23/h3-10H,11-13H2,1-2H3,(H2,20,23)(H,21,24)/p+1. The first-order valence-electron chi connectivity index (χ1n) is 8.11. The van der Waals surface area contributed by atoms with Crippen molar-refractivity contribution >= 4 is 29.3 Å².